The van der Waals surface area contributed by atoms with Gasteiger partial charge in [0, 0.05) is 6.42 Å². The van der Waals surface area contributed by atoms with Crippen LogP contribution in [0.4, 0.5) is 4.39 Å². The number of aldehydes is 1. The van der Waals surface area contributed by atoms with Gasteiger partial charge < -0.3 is 9.53 Å². The van der Waals surface area contributed by atoms with Gasteiger partial charge in [0.1, 0.15) is 12.0 Å². The minimum atomic E-state index is -0.826. The Labute approximate surface area is 70.0 Å². The lowest BCUT2D eigenvalue weighted by Crippen LogP contribution is -1.90. The van der Waals surface area contributed by atoms with Gasteiger partial charge in [0.15, 0.2) is 0 Å². The molecular formula is C9H9FO2. The molecule has 0 saturated carbocycles. The Morgan fingerprint density at radius 3 is 2.50 bits per heavy atom. The van der Waals surface area contributed by atoms with Gasteiger partial charge in [-0.25, -0.2) is 4.39 Å². The Bertz CT molecular complexity index is 243. The minimum absolute atomic E-state index is 0.385. The lowest BCUT2D eigenvalue weighted by Gasteiger charge is -2.00. The summed E-state index contributed by atoms with van der Waals surface area (Å²) in [5.41, 5.74) is 0.899. The topological polar surface area (TPSA) is 26.3 Å². The standard InChI is InChI=1S/C9H9FO2/c10-7-12-9-3-1-8(2-4-9)5-6-11/h1-4,6H,5,7H2. The first-order valence-corrected chi connectivity index (χ1v) is 3.58. The smallest absolute Gasteiger partial charge is 0.228 e. The minimum Gasteiger partial charge on any atom is -0.463 e. The van der Waals surface area contributed by atoms with Crippen LogP contribution in [0.25, 0.3) is 0 Å². The molecule has 0 atom stereocenters. The highest BCUT2D eigenvalue weighted by Crippen LogP contribution is 2.11. The zero-order valence-corrected chi connectivity index (χ0v) is 6.50. The number of halogens is 1. The number of benzene rings is 1. The summed E-state index contributed by atoms with van der Waals surface area (Å²) in [7, 11) is 0. The van der Waals surface area contributed by atoms with Gasteiger partial charge in [0.2, 0.25) is 6.86 Å². The van der Waals surface area contributed by atoms with Crippen LogP contribution in [0.1, 0.15) is 5.56 Å². The second-order valence-corrected chi connectivity index (χ2v) is 2.27. The van der Waals surface area contributed by atoms with Gasteiger partial charge >= 0.3 is 0 Å². The van der Waals surface area contributed by atoms with Crippen molar-refractivity contribution in [2.75, 3.05) is 6.86 Å². The molecule has 0 aromatic heterocycles. The highest BCUT2D eigenvalue weighted by Gasteiger charge is 1.93. The van der Waals surface area contributed by atoms with Crippen molar-refractivity contribution in [1.29, 1.82) is 0 Å². The SMILES string of the molecule is O=CCc1ccc(OCF)cc1. The van der Waals surface area contributed by atoms with Gasteiger partial charge in [-0.05, 0) is 17.7 Å². The van der Waals surface area contributed by atoms with E-state index in [9.17, 15) is 9.18 Å². The normalized spacial score (nSPS) is 9.42. The number of alkyl halides is 1. The molecule has 1 rings (SSSR count). The van der Waals surface area contributed by atoms with E-state index in [0.717, 1.165) is 11.8 Å². The average Bonchev–Trinajstić information content (AvgIpc) is 2.09. The average molecular weight is 168 g/mol. The molecule has 2 nitrogen and oxygen atoms in total. The number of hydrogen-bond acceptors (Lipinski definition) is 2. The van der Waals surface area contributed by atoms with Crippen molar-refractivity contribution in [2.45, 2.75) is 6.42 Å². The van der Waals surface area contributed by atoms with Crippen LogP contribution in [0.5, 0.6) is 5.75 Å². The van der Waals surface area contributed by atoms with Crippen molar-refractivity contribution in [3.63, 3.8) is 0 Å². The number of hydrogen-bond donors (Lipinski definition) is 0. The number of carbonyl (C=O) groups is 1. The van der Waals surface area contributed by atoms with Gasteiger partial charge in [0.25, 0.3) is 0 Å². The van der Waals surface area contributed by atoms with Crippen molar-refractivity contribution in [1.82, 2.24) is 0 Å². The molecule has 0 unspecified atom stereocenters. The van der Waals surface area contributed by atoms with Gasteiger partial charge in [0.05, 0.1) is 0 Å². The third-order valence-electron chi connectivity index (χ3n) is 1.46. The molecule has 12 heavy (non-hydrogen) atoms. The largest absolute Gasteiger partial charge is 0.463 e. The summed E-state index contributed by atoms with van der Waals surface area (Å²) in [6, 6.07) is 6.75. The maximum Gasteiger partial charge on any atom is 0.228 e. The zero-order chi connectivity index (χ0) is 8.81. The molecule has 3 heteroatoms. The fraction of sp³-hybridized carbons (Fsp3) is 0.222. The first-order valence-electron chi connectivity index (χ1n) is 3.58. The molecule has 0 aliphatic carbocycles. The summed E-state index contributed by atoms with van der Waals surface area (Å²) in [6.07, 6.45) is 1.21. The van der Waals surface area contributed by atoms with Crippen molar-refractivity contribution in [3.8, 4) is 5.75 Å². The van der Waals surface area contributed by atoms with Gasteiger partial charge in [-0.15, -0.1) is 0 Å². The molecule has 0 radical (unpaired) electrons. The van der Waals surface area contributed by atoms with Gasteiger partial charge in [-0.3, -0.25) is 0 Å². The third-order valence-corrected chi connectivity index (χ3v) is 1.46. The Morgan fingerprint density at radius 2 is 2.00 bits per heavy atom. The van der Waals surface area contributed by atoms with Crippen LogP contribution in [0.2, 0.25) is 0 Å². The molecule has 1 aromatic carbocycles. The van der Waals surface area contributed by atoms with Crippen LogP contribution in [-0.4, -0.2) is 13.1 Å². The van der Waals surface area contributed by atoms with E-state index < -0.39 is 6.86 Å². The Morgan fingerprint density at radius 1 is 1.33 bits per heavy atom. The van der Waals surface area contributed by atoms with Crippen molar-refractivity contribution >= 4 is 6.29 Å². The first-order chi connectivity index (χ1) is 5.86. The van der Waals surface area contributed by atoms with E-state index in [0.29, 0.717) is 12.2 Å². The van der Waals surface area contributed by atoms with Crippen LogP contribution in [0, 0.1) is 0 Å². The van der Waals surface area contributed by atoms with E-state index in [-0.39, 0.29) is 0 Å². The van der Waals surface area contributed by atoms with Gasteiger partial charge in [-0.1, -0.05) is 12.1 Å². The van der Waals surface area contributed by atoms with E-state index in [1.54, 1.807) is 24.3 Å². The zero-order valence-electron chi connectivity index (χ0n) is 6.50. The van der Waals surface area contributed by atoms with E-state index >= 15 is 0 Å². The van der Waals surface area contributed by atoms with Crippen LogP contribution in [0.3, 0.4) is 0 Å². The summed E-state index contributed by atoms with van der Waals surface area (Å²) in [6.45, 7) is -0.826. The molecule has 0 spiro atoms. The fourth-order valence-corrected chi connectivity index (χ4v) is 0.881. The lowest BCUT2D eigenvalue weighted by molar-refractivity contribution is -0.107. The highest BCUT2D eigenvalue weighted by molar-refractivity contribution is 5.55. The van der Waals surface area contributed by atoms with Crippen molar-refractivity contribution in [2.24, 2.45) is 0 Å². The Kier molecular flexibility index (Phi) is 3.26. The summed E-state index contributed by atoms with van der Waals surface area (Å²) in [5, 5.41) is 0. The van der Waals surface area contributed by atoms with Crippen LogP contribution in [-0.2, 0) is 11.2 Å². The van der Waals surface area contributed by atoms with E-state index in [4.69, 9.17) is 0 Å². The molecule has 0 heterocycles. The summed E-state index contributed by atoms with van der Waals surface area (Å²) >= 11 is 0. The Balaban J connectivity index is 2.64. The molecular weight excluding hydrogens is 159 g/mol. The number of ether oxygens (including phenoxy) is 1. The summed E-state index contributed by atoms with van der Waals surface area (Å²) < 4.78 is 16.2. The van der Waals surface area contributed by atoms with E-state index in [1.807, 2.05) is 0 Å². The molecule has 0 aliphatic heterocycles. The van der Waals surface area contributed by atoms with Crippen LogP contribution in [0.15, 0.2) is 24.3 Å². The molecule has 0 amide bonds. The van der Waals surface area contributed by atoms with Crippen LogP contribution < -0.4 is 4.74 Å². The monoisotopic (exact) mass is 168 g/mol. The van der Waals surface area contributed by atoms with Crippen LogP contribution >= 0.6 is 0 Å². The predicted octanol–water partition coefficient (Wildman–Crippen LogP) is 1.73. The summed E-state index contributed by atoms with van der Waals surface area (Å²) in [5.74, 6) is 0.479. The van der Waals surface area contributed by atoms with Crippen molar-refractivity contribution in [3.05, 3.63) is 29.8 Å². The lowest BCUT2D eigenvalue weighted by atomic mass is 10.2. The number of rotatable bonds is 4. The van der Waals surface area contributed by atoms with E-state index in [2.05, 4.69) is 4.74 Å². The number of carbonyl (C=O) groups excluding carboxylic acids is 1. The molecule has 0 aliphatic rings. The third kappa shape index (κ3) is 2.34. The highest BCUT2D eigenvalue weighted by atomic mass is 19.1. The molecule has 0 saturated heterocycles. The molecule has 0 N–H and O–H groups in total. The predicted molar refractivity (Wildman–Crippen MR) is 42.8 cm³/mol. The summed E-state index contributed by atoms with van der Waals surface area (Å²) in [4.78, 5) is 10.1. The fourth-order valence-electron chi connectivity index (χ4n) is 0.881. The maximum atomic E-state index is 11.6. The van der Waals surface area contributed by atoms with Gasteiger partial charge in [-0.2, -0.15) is 0 Å². The van der Waals surface area contributed by atoms with Crippen molar-refractivity contribution < 1.29 is 13.9 Å². The molecule has 64 valence electrons. The first kappa shape index (κ1) is 8.71. The molecule has 0 bridgehead atoms. The maximum absolute atomic E-state index is 11.6. The quantitative estimate of drug-likeness (QED) is 0.640. The second kappa shape index (κ2) is 4.49. The van der Waals surface area contributed by atoms with E-state index in [1.165, 1.54) is 0 Å². The Hall–Kier alpha value is -1.38. The molecule has 1 aromatic rings. The molecule has 0 fully saturated rings. The second-order valence-electron chi connectivity index (χ2n) is 2.27.